The predicted octanol–water partition coefficient (Wildman–Crippen LogP) is 0.455. The molecule has 26 heavy (non-hydrogen) atoms. The van der Waals surface area contributed by atoms with E-state index in [-0.39, 0.29) is 31.0 Å². The minimum Gasteiger partial charge on any atom is -1.00 e. The van der Waals surface area contributed by atoms with Crippen LogP contribution in [0.5, 0.6) is 0 Å². The van der Waals surface area contributed by atoms with Gasteiger partial charge >= 0.3 is 155 Å². The van der Waals surface area contributed by atoms with Gasteiger partial charge in [0.05, 0.1) is 0 Å². The Hall–Kier alpha value is 0.471. The molecule has 4 rings (SSSR count). The van der Waals surface area contributed by atoms with Gasteiger partial charge in [-0.3, -0.25) is 0 Å². The summed E-state index contributed by atoms with van der Waals surface area (Å²) in [5, 5.41) is 0. The molecule has 0 saturated heterocycles. The van der Waals surface area contributed by atoms with Crippen LogP contribution in [-0.2, 0) is 16.6 Å². The molecular weight excluding hydrogens is 411 g/mol. The minimum absolute atomic E-state index is 0. The van der Waals surface area contributed by atoms with Gasteiger partial charge in [-0.2, -0.15) is 0 Å². The van der Waals surface area contributed by atoms with Crippen molar-refractivity contribution in [3.63, 3.8) is 0 Å². The van der Waals surface area contributed by atoms with Gasteiger partial charge in [0, 0.05) is 0 Å². The third-order valence-electron chi connectivity index (χ3n) is 7.06. The Morgan fingerprint density at radius 3 is 2.12 bits per heavy atom. The molecule has 4 aliphatic carbocycles. The average Bonchev–Trinajstić information content (AvgIpc) is 3.06. The maximum atomic E-state index is 2.65. The van der Waals surface area contributed by atoms with Crippen molar-refractivity contribution in [1.82, 2.24) is 0 Å². The van der Waals surface area contributed by atoms with Crippen LogP contribution in [0.1, 0.15) is 46.0 Å². The Kier molecular flexibility index (Phi) is 8.15. The van der Waals surface area contributed by atoms with E-state index < -0.39 is 16.6 Å². The largest absolute Gasteiger partial charge is 1.00 e. The third-order valence-corrected chi connectivity index (χ3v) is 20.0. The normalized spacial score (nSPS) is 34.1. The van der Waals surface area contributed by atoms with Crippen molar-refractivity contribution in [3.05, 3.63) is 45.4 Å². The van der Waals surface area contributed by atoms with E-state index in [0.717, 1.165) is 27.9 Å². The first-order chi connectivity index (χ1) is 11.6. The Morgan fingerprint density at radius 2 is 1.54 bits per heavy atom. The van der Waals surface area contributed by atoms with Crippen LogP contribution < -0.4 is 24.8 Å². The number of fused-ring (bicyclic) bond motifs is 3. The molecule has 0 nitrogen and oxygen atoms in total. The van der Waals surface area contributed by atoms with Gasteiger partial charge in [-0.05, 0) is 0 Å². The first kappa shape index (κ1) is 22.8. The van der Waals surface area contributed by atoms with E-state index >= 15 is 0 Å². The molecule has 0 heterocycles. The molecule has 4 heteroatoms. The van der Waals surface area contributed by atoms with Gasteiger partial charge in [-0.25, -0.2) is 0 Å². The number of halogens is 2. The smallest absolute Gasteiger partial charge is 1.00 e. The Balaban J connectivity index is 0.00000121. The van der Waals surface area contributed by atoms with Gasteiger partial charge in [-0.1, -0.05) is 0 Å². The van der Waals surface area contributed by atoms with Crippen LogP contribution in [0.3, 0.4) is 0 Å². The first-order valence-electron chi connectivity index (χ1n) is 9.97. The number of hydrogen-bond acceptors (Lipinski definition) is 0. The third kappa shape index (κ3) is 3.94. The first-order valence-corrected chi connectivity index (χ1v) is 16.5. The van der Waals surface area contributed by atoms with Gasteiger partial charge in [0.1, 0.15) is 0 Å². The molecule has 2 fully saturated rings. The monoisotopic (exact) mass is 442 g/mol. The maximum absolute atomic E-state index is 2.65. The van der Waals surface area contributed by atoms with Gasteiger partial charge in [0.25, 0.3) is 0 Å². The summed E-state index contributed by atoms with van der Waals surface area (Å²) >= 11 is -1.20. The number of rotatable bonds is 2. The molecule has 0 aromatic carbocycles. The van der Waals surface area contributed by atoms with Gasteiger partial charge < -0.3 is 24.8 Å². The standard InChI is InChI=1S/C13H17.C7H9.C2H6Si.2ClH.Ti/c1-3-7-12-10(5-1)9-11-6-2-4-8-13(11)12;1-6-3-4-7(2)5-6;1-3-2;;;/h1,3,5,7,9-13H,2,4,6,8H2;5H,3H2,1-2H3;1-2H3;2*1H;/q;;;;;+2/p-2. The Bertz CT molecular complexity index is 697. The topological polar surface area (TPSA) is 0 Å². The second kappa shape index (κ2) is 9.31. The van der Waals surface area contributed by atoms with Crippen LogP contribution >= 0.6 is 0 Å². The molecule has 2 saturated carbocycles. The molecular formula is C22H32Cl2SiTi. The van der Waals surface area contributed by atoms with Gasteiger partial charge in [-0.15, -0.1) is 0 Å². The fourth-order valence-electron chi connectivity index (χ4n) is 6.30. The molecule has 0 N–H and O–H groups in total. The molecule has 0 radical (unpaired) electrons. The van der Waals surface area contributed by atoms with Crippen molar-refractivity contribution in [2.24, 2.45) is 23.7 Å². The summed E-state index contributed by atoms with van der Waals surface area (Å²) in [6.07, 6.45) is 19.7. The summed E-state index contributed by atoms with van der Waals surface area (Å²) in [5.41, 5.74) is 3.31. The molecule has 4 aliphatic rings. The minimum atomic E-state index is -1.20. The van der Waals surface area contributed by atoms with E-state index in [1.165, 1.54) is 32.1 Å². The molecule has 0 aliphatic heterocycles. The van der Waals surface area contributed by atoms with Gasteiger partial charge in [0.15, 0.2) is 0 Å². The van der Waals surface area contributed by atoms with Crippen molar-refractivity contribution < 1.29 is 41.4 Å². The van der Waals surface area contributed by atoms with E-state index in [9.17, 15) is 0 Å². The van der Waals surface area contributed by atoms with Crippen LogP contribution in [0.15, 0.2) is 45.4 Å². The molecule has 0 bridgehead atoms. The second-order valence-electron chi connectivity index (χ2n) is 8.81. The van der Waals surface area contributed by atoms with Crippen molar-refractivity contribution in [2.45, 2.75) is 63.3 Å². The predicted molar refractivity (Wildman–Crippen MR) is 103 cm³/mol. The average molecular weight is 443 g/mol. The van der Waals surface area contributed by atoms with Crippen molar-refractivity contribution in [2.75, 3.05) is 0 Å². The summed E-state index contributed by atoms with van der Waals surface area (Å²) in [4.78, 5) is 0. The van der Waals surface area contributed by atoms with Crippen LogP contribution in [0.4, 0.5) is 0 Å². The molecule has 0 spiro atoms. The summed E-state index contributed by atoms with van der Waals surface area (Å²) in [5.74, 6) is 3.83. The zero-order valence-corrected chi connectivity index (χ0v) is 20.6. The Morgan fingerprint density at radius 1 is 0.923 bits per heavy atom. The molecule has 5 unspecified atom stereocenters. The van der Waals surface area contributed by atoms with Crippen molar-refractivity contribution in [1.29, 1.82) is 0 Å². The zero-order valence-electron chi connectivity index (χ0n) is 16.6. The molecule has 0 amide bonds. The molecule has 0 aromatic heterocycles. The SMILES string of the molecule is CC1=CC(C)=[C]([Ti+2]([CH]2C3C=CC=CC3C3CCCCC32)=[Si](C)C)C1.[Cl-].[Cl-]. The number of allylic oxidation sites excluding steroid dienone is 8. The van der Waals surface area contributed by atoms with E-state index in [4.69, 9.17) is 0 Å². The maximum Gasteiger partial charge on any atom is -1.00 e. The second-order valence-corrected chi connectivity index (χ2v) is 21.0. The molecule has 5 atom stereocenters. The van der Waals surface area contributed by atoms with Crippen LogP contribution in [0.2, 0.25) is 17.3 Å². The fourth-order valence-corrected chi connectivity index (χ4v) is 21.0. The number of hydrogen-bond donors (Lipinski definition) is 0. The summed E-state index contributed by atoms with van der Waals surface area (Å²) in [6.45, 7) is 10.1. The molecule has 142 valence electrons. The van der Waals surface area contributed by atoms with Crippen LogP contribution in [0.25, 0.3) is 0 Å². The van der Waals surface area contributed by atoms with Crippen LogP contribution in [-0.4, -0.2) is 6.19 Å². The fraction of sp³-hybridized carbons (Fsp3) is 0.636. The summed E-state index contributed by atoms with van der Waals surface area (Å²) < 4.78 is 3.07. The Labute approximate surface area is 179 Å². The van der Waals surface area contributed by atoms with E-state index in [1.54, 1.807) is 11.1 Å². The van der Waals surface area contributed by atoms with E-state index in [0.29, 0.717) is 0 Å². The van der Waals surface area contributed by atoms with Gasteiger partial charge in [0.2, 0.25) is 0 Å². The van der Waals surface area contributed by atoms with E-state index in [1.807, 2.05) is 3.88 Å². The van der Waals surface area contributed by atoms with Crippen molar-refractivity contribution >= 4 is 6.19 Å². The van der Waals surface area contributed by atoms with E-state index in [2.05, 4.69) is 57.3 Å². The van der Waals surface area contributed by atoms with Crippen LogP contribution in [0, 0.1) is 23.7 Å². The zero-order chi connectivity index (χ0) is 16.8. The van der Waals surface area contributed by atoms with Crippen molar-refractivity contribution in [3.8, 4) is 0 Å². The summed E-state index contributed by atoms with van der Waals surface area (Å²) in [6, 6.07) is 0. The molecule has 0 aromatic rings. The quantitative estimate of drug-likeness (QED) is 0.544. The summed E-state index contributed by atoms with van der Waals surface area (Å²) in [7, 11) is 0.